The summed E-state index contributed by atoms with van der Waals surface area (Å²) in [6.45, 7) is 0.327. The second kappa shape index (κ2) is 7.29. The number of aryl methyl sites for hydroxylation is 1. The van der Waals surface area contributed by atoms with Crippen LogP contribution in [0, 0.1) is 0 Å². The maximum atomic E-state index is 8.90. The van der Waals surface area contributed by atoms with Crippen molar-refractivity contribution in [2.24, 2.45) is 4.99 Å². The number of hydrogen-bond donors (Lipinski definition) is 1. The monoisotopic (exact) mass is 311 g/mol. The Hall–Kier alpha value is -2.33. The Kier molecular flexibility index (Phi) is 4.93. The second-order valence-electron chi connectivity index (χ2n) is 5.50. The van der Waals surface area contributed by atoms with Crippen molar-refractivity contribution in [2.45, 2.75) is 19.3 Å². The predicted molar refractivity (Wildman–Crippen MR) is 91.2 cm³/mol. The molecule has 4 nitrogen and oxygen atoms in total. The quantitative estimate of drug-likeness (QED) is 0.919. The van der Waals surface area contributed by atoms with Gasteiger partial charge in [-0.2, -0.15) is 0 Å². The van der Waals surface area contributed by atoms with Gasteiger partial charge in [-0.25, -0.2) is 0 Å². The van der Waals surface area contributed by atoms with Crippen LogP contribution in [0.1, 0.15) is 24.0 Å². The van der Waals surface area contributed by atoms with E-state index in [-0.39, 0.29) is 6.61 Å². The molecule has 0 spiro atoms. The van der Waals surface area contributed by atoms with Gasteiger partial charge >= 0.3 is 0 Å². The summed E-state index contributed by atoms with van der Waals surface area (Å²) >= 11 is 0. The van der Waals surface area contributed by atoms with Gasteiger partial charge < -0.3 is 14.6 Å². The third-order valence-electron chi connectivity index (χ3n) is 3.95. The van der Waals surface area contributed by atoms with Gasteiger partial charge in [0.1, 0.15) is 18.1 Å². The van der Waals surface area contributed by atoms with Gasteiger partial charge in [0.25, 0.3) is 0 Å². The molecule has 3 rings (SSSR count). The average Bonchev–Trinajstić information content (AvgIpc) is 2.61. The standard InChI is InChI=1S/C19H21NO3/c1-22-16-9-6-15(7-10-16)20-19-4-2-3-14-5-8-17(13-18(14)19)23-12-11-21/h5-10,13,21H,2-4,11-12H2,1H3/b20-19+. The number of aliphatic hydroxyl groups is 1. The minimum absolute atomic E-state index is 0.0177. The highest BCUT2D eigenvalue weighted by molar-refractivity contribution is 6.04. The smallest absolute Gasteiger partial charge is 0.120 e. The number of benzene rings is 2. The first-order valence-electron chi connectivity index (χ1n) is 7.89. The Bertz CT molecular complexity index is 692. The molecule has 0 amide bonds. The zero-order chi connectivity index (χ0) is 16.1. The first-order chi connectivity index (χ1) is 11.3. The van der Waals surface area contributed by atoms with E-state index in [4.69, 9.17) is 19.6 Å². The summed E-state index contributed by atoms with van der Waals surface area (Å²) in [4.78, 5) is 4.81. The zero-order valence-corrected chi connectivity index (χ0v) is 13.3. The Labute approximate surface area is 136 Å². The topological polar surface area (TPSA) is 51.0 Å². The molecule has 0 bridgehead atoms. The second-order valence-corrected chi connectivity index (χ2v) is 5.50. The van der Waals surface area contributed by atoms with Gasteiger partial charge in [0.15, 0.2) is 0 Å². The molecule has 1 aliphatic rings. The number of ether oxygens (including phenoxy) is 2. The normalized spacial score (nSPS) is 15.3. The lowest BCUT2D eigenvalue weighted by Gasteiger charge is -2.19. The highest BCUT2D eigenvalue weighted by Crippen LogP contribution is 2.28. The minimum Gasteiger partial charge on any atom is -0.497 e. The summed E-state index contributed by atoms with van der Waals surface area (Å²) in [6.07, 6.45) is 3.14. The number of fused-ring (bicyclic) bond motifs is 1. The third-order valence-corrected chi connectivity index (χ3v) is 3.95. The van der Waals surface area contributed by atoms with E-state index in [0.717, 1.165) is 47.7 Å². The fourth-order valence-electron chi connectivity index (χ4n) is 2.81. The van der Waals surface area contributed by atoms with Crippen LogP contribution in [0.2, 0.25) is 0 Å². The van der Waals surface area contributed by atoms with E-state index >= 15 is 0 Å². The predicted octanol–water partition coefficient (Wildman–Crippen LogP) is 3.52. The van der Waals surface area contributed by atoms with Crippen LogP contribution in [-0.4, -0.2) is 31.1 Å². The molecule has 0 saturated heterocycles. The maximum Gasteiger partial charge on any atom is 0.120 e. The van der Waals surface area contributed by atoms with Crippen molar-refractivity contribution in [1.29, 1.82) is 0 Å². The molecule has 120 valence electrons. The minimum atomic E-state index is 0.0177. The third kappa shape index (κ3) is 3.71. The first-order valence-corrected chi connectivity index (χ1v) is 7.89. The number of nitrogens with zero attached hydrogens (tertiary/aromatic N) is 1. The van der Waals surface area contributed by atoms with Crippen molar-refractivity contribution in [3.63, 3.8) is 0 Å². The fraction of sp³-hybridized carbons (Fsp3) is 0.316. The Balaban J connectivity index is 1.90. The molecule has 4 heteroatoms. The van der Waals surface area contributed by atoms with E-state index in [2.05, 4.69) is 6.07 Å². The summed E-state index contributed by atoms with van der Waals surface area (Å²) in [6, 6.07) is 13.9. The van der Waals surface area contributed by atoms with Crippen molar-refractivity contribution in [3.8, 4) is 11.5 Å². The van der Waals surface area contributed by atoms with E-state index in [1.165, 1.54) is 5.56 Å². The van der Waals surface area contributed by atoms with E-state index in [1.54, 1.807) is 7.11 Å². The van der Waals surface area contributed by atoms with Gasteiger partial charge in [0.2, 0.25) is 0 Å². The molecule has 0 unspecified atom stereocenters. The average molecular weight is 311 g/mol. The molecule has 0 saturated carbocycles. The number of methoxy groups -OCH3 is 1. The molecule has 1 aliphatic carbocycles. The highest BCUT2D eigenvalue weighted by atomic mass is 16.5. The highest BCUT2D eigenvalue weighted by Gasteiger charge is 2.16. The van der Waals surface area contributed by atoms with Crippen molar-refractivity contribution in [2.75, 3.05) is 20.3 Å². The summed E-state index contributed by atoms with van der Waals surface area (Å²) in [5.41, 5.74) is 4.48. The van der Waals surface area contributed by atoms with E-state index < -0.39 is 0 Å². The molecule has 1 N–H and O–H groups in total. The summed E-state index contributed by atoms with van der Waals surface area (Å²) in [5, 5.41) is 8.90. The fourth-order valence-corrected chi connectivity index (χ4v) is 2.81. The van der Waals surface area contributed by atoms with Gasteiger partial charge in [-0.05, 0) is 61.2 Å². The van der Waals surface area contributed by atoms with Gasteiger partial charge in [-0.15, -0.1) is 0 Å². The van der Waals surface area contributed by atoms with E-state index in [0.29, 0.717) is 6.61 Å². The Morgan fingerprint density at radius 3 is 2.57 bits per heavy atom. The summed E-state index contributed by atoms with van der Waals surface area (Å²) in [5.74, 6) is 1.61. The van der Waals surface area contributed by atoms with Crippen LogP contribution in [0.5, 0.6) is 11.5 Å². The summed E-state index contributed by atoms with van der Waals surface area (Å²) < 4.78 is 10.7. The lowest BCUT2D eigenvalue weighted by Crippen LogP contribution is -2.12. The van der Waals surface area contributed by atoms with Crippen LogP contribution >= 0.6 is 0 Å². The van der Waals surface area contributed by atoms with Crippen molar-refractivity contribution in [1.82, 2.24) is 0 Å². The van der Waals surface area contributed by atoms with Crippen LogP contribution in [0.3, 0.4) is 0 Å². The van der Waals surface area contributed by atoms with Gasteiger partial charge in [-0.3, -0.25) is 4.99 Å². The molecule has 0 aliphatic heterocycles. The number of rotatable bonds is 5. The van der Waals surface area contributed by atoms with E-state index in [1.807, 2.05) is 36.4 Å². The van der Waals surface area contributed by atoms with Crippen LogP contribution in [-0.2, 0) is 6.42 Å². The van der Waals surface area contributed by atoms with E-state index in [9.17, 15) is 0 Å². The molecule has 2 aromatic carbocycles. The zero-order valence-electron chi connectivity index (χ0n) is 13.3. The van der Waals surface area contributed by atoms with Crippen molar-refractivity contribution in [3.05, 3.63) is 53.6 Å². The van der Waals surface area contributed by atoms with Crippen LogP contribution in [0.4, 0.5) is 5.69 Å². The lowest BCUT2D eigenvalue weighted by atomic mass is 9.90. The molecular weight excluding hydrogens is 290 g/mol. The molecule has 0 heterocycles. The Morgan fingerprint density at radius 1 is 1.04 bits per heavy atom. The van der Waals surface area contributed by atoms with Crippen molar-refractivity contribution < 1.29 is 14.6 Å². The lowest BCUT2D eigenvalue weighted by molar-refractivity contribution is 0.201. The van der Waals surface area contributed by atoms with Crippen LogP contribution in [0.25, 0.3) is 0 Å². The summed E-state index contributed by atoms with van der Waals surface area (Å²) in [7, 11) is 1.66. The molecule has 0 radical (unpaired) electrons. The number of aliphatic imine (C=N–C) groups is 1. The number of hydrogen-bond acceptors (Lipinski definition) is 4. The first kappa shape index (κ1) is 15.6. The molecule has 23 heavy (non-hydrogen) atoms. The molecule has 2 aromatic rings. The van der Waals surface area contributed by atoms with Gasteiger partial charge in [-0.1, -0.05) is 6.07 Å². The Morgan fingerprint density at radius 2 is 1.83 bits per heavy atom. The molecule has 0 fully saturated rings. The largest absolute Gasteiger partial charge is 0.497 e. The van der Waals surface area contributed by atoms with Crippen LogP contribution < -0.4 is 9.47 Å². The van der Waals surface area contributed by atoms with Gasteiger partial charge in [0, 0.05) is 11.3 Å². The van der Waals surface area contributed by atoms with Gasteiger partial charge in [0.05, 0.1) is 19.4 Å². The molecule has 0 atom stereocenters. The SMILES string of the molecule is COc1ccc(/N=C2\CCCc3ccc(OCCO)cc32)cc1. The number of aliphatic hydroxyl groups excluding tert-OH is 1. The maximum absolute atomic E-state index is 8.90. The van der Waals surface area contributed by atoms with Crippen LogP contribution in [0.15, 0.2) is 47.5 Å². The van der Waals surface area contributed by atoms with Crippen molar-refractivity contribution >= 4 is 11.4 Å². The molecule has 0 aromatic heterocycles. The molecular formula is C19H21NO3.